The molecule has 0 aliphatic carbocycles. The average molecular weight is 350 g/mol. The van der Waals surface area contributed by atoms with Gasteiger partial charge in [-0.25, -0.2) is 9.37 Å². The van der Waals surface area contributed by atoms with Crippen LogP contribution in [0.1, 0.15) is 12.0 Å². The SMILES string of the molecule is O=C(Cc1ccccc1F)N1CCC(Oc2ccc3ccccc3n2)C1. The third kappa shape index (κ3) is 3.52. The molecule has 5 heteroatoms. The summed E-state index contributed by atoms with van der Waals surface area (Å²) in [5.41, 5.74) is 1.31. The van der Waals surface area contributed by atoms with E-state index >= 15 is 0 Å². The number of pyridine rings is 1. The van der Waals surface area contributed by atoms with Crippen LogP contribution in [0.15, 0.2) is 60.7 Å². The molecule has 2 aromatic carbocycles. The Bertz CT molecular complexity index is 944. The molecule has 0 N–H and O–H groups in total. The minimum Gasteiger partial charge on any atom is -0.472 e. The molecule has 1 amide bonds. The first-order valence-corrected chi connectivity index (χ1v) is 8.73. The third-order valence-corrected chi connectivity index (χ3v) is 4.66. The highest BCUT2D eigenvalue weighted by Crippen LogP contribution is 2.21. The molecule has 1 aromatic heterocycles. The van der Waals surface area contributed by atoms with Gasteiger partial charge in [-0.3, -0.25) is 4.79 Å². The topological polar surface area (TPSA) is 42.4 Å². The normalized spacial score (nSPS) is 16.8. The third-order valence-electron chi connectivity index (χ3n) is 4.66. The summed E-state index contributed by atoms with van der Waals surface area (Å²) in [7, 11) is 0. The Kier molecular flexibility index (Phi) is 4.52. The summed E-state index contributed by atoms with van der Waals surface area (Å²) in [5.74, 6) is 0.151. The molecular weight excluding hydrogens is 331 g/mol. The summed E-state index contributed by atoms with van der Waals surface area (Å²) in [6.45, 7) is 1.12. The molecule has 0 saturated carbocycles. The van der Waals surface area contributed by atoms with Crippen LogP contribution in [0, 0.1) is 5.82 Å². The number of benzene rings is 2. The first-order chi connectivity index (χ1) is 12.7. The average Bonchev–Trinajstić information content (AvgIpc) is 3.12. The minimum absolute atomic E-state index is 0.0762. The lowest BCUT2D eigenvalue weighted by atomic mass is 10.1. The fourth-order valence-electron chi connectivity index (χ4n) is 3.25. The number of rotatable bonds is 4. The van der Waals surface area contributed by atoms with E-state index in [0.29, 0.717) is 24.5 Å². The van der Waals surface area contributed by atoms with E-state index < -0.39 is 0 Å². The van der Waals surface area contributed by atoms with Gasteiger partial charge in [-0.05, 0) is 23.8 Å². The van der Waals surface area contributed by atoms with Crippen molar-refractivity contribution >= 4 is 16.8 Å². The zero-order valence-corrected chi connectivity index (χ0v) is 14.3. The summed E-state index contributed by atoms with van der Waals surface area (Å²) in [6.07, 6.45) is 0.735. The Morgan fingerprint density at radius 1 is 1.12 bits per heavy atom. The smallest absolute Gasteiger partial charge is 0.227 e. The highest BCUT2D eigenvalue weighted by Gasteiger charge is 2.28. The lowest BCUT2D eigenvalue weighted by molar-refractivity contribution is -0.129. The van der Waals surface area contributed by atoms with Crippen LogP contribution in [-0.2, 0) is 11.2 Å². The zero-order valence-electron chi connectivity index (χ0n) is 14.3. The van der Waals surface area contributed by atoms with Gasteiger partial charge in [-0.2, -0.15) is 0 Å². The number of nitrogens with zero attached hydrogens (tertiary/aromatic N) is 2. The summed E-state index contributed by atoms with van der Waals surface area (Å²) in [5, 5.41) is 1.06. The first-order valence-electron chi connectivity index (χ1n) is 8.73. The van der Waals surface area contributed by atoms with Crippen LogP contribution in [0.4, 0.5) is 4.39 Å². The van der Waals surface area contributed by atoms with Crippen molar-refractivity contribution in [3.05, 3.63) is 72.0 Å². The van der Waals surface area contributed by atoms with Crippen LogP contribution in [0.5, 0.6) is 5.88 Å². The maximum absolute atomic E-state index is 13.7. The molecule has 1 fully saturated rings. The second-order valence-electron chi connectivity index (χ2n) is 6.48. The maximum Gasteiger partial charge on any atom is 0.227 e. The first kappa shape index (κ1) is 16.5. The molecule has 1 aliphatic rings. The van der Waals surface area contributed by atoms with Gasteiger partial charge in [-0.15, -0.1) is 0 Å². The van der Waals surface area contributed by atoms with Gasteiger partial charge in [0.05, 0.1) is 18.5 Å². The number of hydrogen-bond donors (Lipinski definition) is 0. The van der Waals surface area contributed by atoms with Gasteiger partial charge in [0, 0.05) is 24.4 Å². The number of amides is 1. The lowest BCUT2D eigenvalue weighted by Gasteiger charge is -2.17. The summed E-state index contributed by atoms with van der Waals surface area (Å²) in [4.78, 5) is 18.7. The fraction of sp³-hybridized carbons (Fsp3) is 0.238. The summed E-state index contributed by atoms with van der Waals surface area (Å²) < 4.78 is 19.7. The predicted octanol–water partition coefficient (Wildman–Crippen LogP) is 3.60. The van der Waals surface area contributed by atoms with Crippen LogP contribution in [0.25, 0.3) is 10.9 Å². The van der Waals surface area contributed by atoms with Crippen molar-refractivity contribution in [2.45, 2.75) is 18.9 Å². The fourth-order valence-corrected chi connectivity index (χ4v) is 3.25. The monoisotopic (exact) mass is 350 g/mol. The molecule has 3 aromatic rings. The largest absolute Gasteiger partial charge is 0.472 e. The highest BCUT2D eigenvalue weighted by molar-refractivity contribution is 5.79. The molecule has 26 heavy (non-hydrogen) atoms. The quantitative estimate of drug-likeness (QED) is 0.722. The molecular formula is C21H19FN2O2. The lowest BCUT2D eigenvalue weighted by Crippen LogP contribution is -2.32. The van der Waals surface area contributed by atoms with Gasteiger partial charge in [0.2, 0.25) is 11.8 Å². The van der Waals surface area contributed by atoms with Crippen LogP contribution in [0.3, 0.4) is 0 Å². The molecule has 1 saturated heterocycles. The van der Waals surface area contributed by atoms with E-state index in [-0.39, 0.29) is 24.2 Å². The standard InChI is InChI=1S/C21H19FN2O2/c22-18-7-3-1-6-16(18)13-21(25)24-12-11-17(14-24)26-20-10-9-15-5-2-4-8-19(15)23-20/h1-10,17H,11-14H2. The van der Waals surface area contributed by atoms with Crippen molar-refractivity contribution in [3.63, 3.8) is 0 Å². The van der Waals surface area contributed by atoms with Gasteiger partial charge in [-0.1, -0.05) is 36.4 Å². The Labute approximate surface area is 151 Å². The number of likely N-dealkylation sites (tertiary alicyclic amines) is 1. The highest BCUT2D eigenvalue weighted by atomic mass is 19.1. The molecule has 1 aliphatic heterocycles. The van der Waals surface area contributed by atoms with Gasteiger partial charge in [0.1, 0.15) is 11.9 Å². The molecule has 0 radical (unpaired) electrons. The molecule has 132 valence electrons. The number of carbonyl (C=O) groups excluding carboxylic acids is 1. The number of ether oxygens (including phenoxy) is 1. The number of fused-ring (bicyclic) bond motifs is 1. The van der Waals surface area contributed by atoms with Crippen LogP contribution < -0.4 is 4.74 Å². The number of carbonyl (C=O) groups is 1. The number of aromatic nitrogens is 1. The molecule has 4 nitrogen and oxygen atoms in total. The molecule has 0 bridgehead atoms. The van der Waals surface area contributed by atoms with E-state index in [2.05, 4.69) is 4.98 Å². The van der Waals surface area contributed by atoms with E-state index in [1.165, 1.54) is 6.07 Å². The number of hydrogen-bond acceptors (Lipinski definition) is 3. The van der Waals surface area contributed by atoms with Gasteiger partial charge >= 0.3 is 0 Å². The molecule has 4 rings (SSSR count). The van der Waals surface area contributed by atoms with Crippen LogP contribution >= 0.6 is 0 Å². The summed E-state index contributed by atoms with van der Waals surface area (Å²) in [6, 6.07) is 18.1. The van der Waals surface area contributed by atoms with Gasteiger partial charge in [0.15, 0.2) is 0 Å². The summed E-state index contributed by atoms with van der Waals surface area (Å²) >= 11 is 0. The predicted molar refractivity (Wildman–Crippen MR) is 97.5 cm³/mol. The van der Waals surface area contributed by atoms with Crippen LogP contribution in [0.2, 0.25) is 0 Å². The van der Waals surface area contributed by atoms with Crippen LogP contribution in [-0.4, -0.2) is 35.0 Å². The second kappa shape index (κ2) is 7.12. The Morgan fingerprint density at radius 3 is 2.81 bits per heavy atom. The van der Waals surface area contributed by atoms with Gasteiger partial charge in [0.25, 0.3) is 0 Å². The second-order valence-corrected chi connectivity index (χ2v) is 6.48. The molecule has 1 unspecified atom stereocenters. The molecule has 0 spiro atoms. The van der Waals surface area contributed by atoms with E-state index in [0.717, 1.165) is 17.3 Å². The zero-order chi connectivity index (χ0) is 17.9. The van der Waals surface area contributed by atoms with Crippen molar-refractivity contribution in [1.82, 2.24) is 9.88 Å². The Balaban J connectivity index is 1.38. The van der Waals surface area contributed by atoms with Gasteiger partial charge < -0.3 is 9.64 Å². The van der Waals surface area contributed by atoms with Crippen molar-refractivity contribution < 1.29 is 13.9 Å². The minimum atomic E-state index is -0.340. The molecule has 2 heterocycles. The van der Waals surface area contributed by atoms with Crippen molar-refractivity contribution in [3.8, 4) is 5.88 Å². The Morgan fingerprint density at radius 2 is 1.92 bits per heavy atom. The van der Waals surface area contributed by atoms with E-state index in [1.54, 1.807) is 23.1 Å². The van der Waals surface area contributed by atoms with E-state index in [9.17, 15) is 9.18 Å². The van der Waals surface area contributed by atoms with Crippen molar-refractivity contribution in [2.24, 2.45) is 0 Å². The Hall–Kier alpha value is -2.95. The van der Waals surface area contributed by atoms with E-state index in [4.69, 9.17) is 4.74 Å². The number of para-hydroxylation sites is 1. The molecule has 1 atom stereocenters. The maximum atomic E-state index is 13.7. The van der Waals surface area contributed by atoms with Crippen molar-refractivity contribution in [1.29, 1.82) is 0 Å². The van der Waals surface area contributed by atoms with Crippen molar-refractivity contribution in [2.75, 3.05) is 13.1 Å². The number of halogens is 1. The van der Waals surface area contributed by atoms with E-state index in [1.807, 2.05) is 36.4 Å².